The monoisotopic (exact) mass is 300 g/mol. The number of nitrogens with one attached hydrogen (secondary N) is 1. The van der Waals surface area contributed by atoms with Crippen molar-refractivity contribution in [1.29, 1.82) is 0 Å². The van der Waals surface area contributed by atoms with Crippen LogP contribution in [0.4, 0.5) is 0 Å². The van der Waals surface area contributed by atoms with Crippen LogP contribution in [-0.4, -0.2) is 32.8 Å². The number of aromatic nitrogens is 1. The zero-order chi connectivity index (χ0) is 14.4. The van der Waals surface area contributed by atoms with Crippen molar-refractivity contribution in [1.82, 2.24) is 9.88 Å². The van der Waals surface area contributed by atoms with E-state index >= 15 is 0 Å². The minimum absolute atomic E-state index is 0.00443. The summed E-state index contributed by atoms with van der Waals surface area (Å²) in [6.45, 7) is 1.77. The molecule has 2 fully saturated rings. The summed E-state index contributed by atoms with van der Waals surface area (Å²) in [6.07, 6.45) is 4.18. The molecule has 20 heavy (non-hydrogen) atoms. The van der Waals surface area contributed by atoms with Crippen LogP contribution in [0.2, 0.25) is 0 Å². The minimum atomic E-state index is -3.40. The number of ether oxygens (including phenoxy) is 1. The number of methoxy groups -OCH3 is 1. The third kappa shape index (κ3) is 2.27. The Labute approximate surface area is 118 Å². The summed E-state index contributed by atoms with van der Waals surface area (Å²) in [6, 6.07) is 1.65. The Kier molecular flexibility index (Phi) is 3.38. The molecule has 2 saturated carbocycles. The van der Waals surface area contributed by atoms with E-state index in [0.717, 1.165) is 25.7 Å². The van der Waals surface area contributed by atoms with Gasteiger partial charge in [0.2, 0.25) is 10.0 Å². The Morgan fingerprint density at radius 1 is 1.55 bits per heavy atom. The molecule has 1 aromatic heterocycles. The Hall–Kier alpha value is -0.920. The smallest absolute Gasteiger partial charge is 0.219 e. The Bertz CT molecular complexity index is 591. The first kappa shape index (κ1) is 14.0. The summed E-state index contributed by atoms with van der Waals surface area (Å²) in [7, 11) is -1.70. The molecule has 0 unspecified atom stereocenters. The molecule has 7 heteroatoms. The first-order valence-corrected chi connectivity index (χ1v) is 8.55. The van der Waals surface area contributed by atoms with Crippen molar-refractivity contribution in [2.45, 2.75) is 50.5 Å². The van der Waals surface area contributed by atoms with Crippen LogP contribution < -0.4 is 4.72 Å². The van der Waals surface area contributed by atoms with Crippen molar-refractivity contribution in [3.63, 3.8) is 0 Å². The maximum atomic E-state index is 12.2. The molecule has 1 spiro atoms. The van der Waals surface area contributed by atoms with Gasteiger partial charge in [0.15, 0.2) is 5.76 Å². The standard InChI is InChI=1S/C13H20N2O4S/c1-9-6-10(19-14-9)8-20(16,17)15-11-7-12(18-2)13(11)4-3-5-13/h6,11-12,15H,3-5,7-8H2,1-2H3/t11-,12+/m0/s1. The van der Waals surface area contributed by atoms with Crippen molar-refractivity contribution in [2.24, 2.45) is 5.41 Å². The second-order valence-corrected chi connectivity index (χ2v) is 7.66. The van der Waals surface area contributed by atoms with E-state index in [9.17, 15) is 8.42 Å². The highest BCUT2D eigenvalue weighted by molar-refractivity contribution is 7.88. The fraction of sp³-hybridized carbons (Fsp3) is 0.769. The van der Waals surface area contributed by atoms with Crippen LogP contribution in [0.5, 0.6) is 0 Å². The van der Waals surface area contributed by atoms with Gasteiger partial charge in [0.05, 0.1) is 11.8 Å². The lowest BCUT2D eigenvalue weighted by atomic mass is 9.51. The fourth-order valence-corrected chi connectivity index (χ4v) is 4.79. The first-order valence-electron chi connectivity index (χ1n) is 6.90. The Balaban J connectivity index is 1.65. The highest BCUT2D eigenvalue weighted by Gasteiger charge is 2.59. The molecule has 2 aliphatic carbocycles. The normalized spacial score (nSPS) is 28.1. The summed E-state index contributed by atoms with van der Waals surface area (Å²) >= 11 is 0. The molecule has 1 aromatic rings. The van der Waals surface area contributed by atoms with Crippen LogP contribution in [0, 0.1) is 12.3 Å². The molecule has 0 aromatic carbocycles. The topological polar surface area (TPSA) is 81.4 Å². The molecular weight excluding hydrogens is 280 g/mol. The molecule has 0 saturated heterocycles. The van der Waals surface area contributed by atoms with E-state index in [1.54, 1.807) is 20.1 Å². The van der Waals surface area contributed by atoms with Crippen LogP contribution in [-0.2, 0) is 20.5 Å². The van der Waals surface area contributed by atoms with Gasteiger partial charge in [-0.25, -0.2) is 13.1 Å². The number of hydrogen-bond acceptors (Lipinski definition) is 5. The van der Waals surface area contributed by atoms with E-state index in [0.29, 0.717) is 11.5 Å². The summed E-state index contributed by atoms with van der Waals surface area (Å²) in [5, 5.41) is 3.71. The second kappa shape index (κ2) is 4.82. The van der Waals surface area contributed by atoms with Gasteiger partial charge in [-0.1, -0.05) is 11.6 Å². The SMILES string of the molecule is CO[C@@H]1C[C@H](NS(=O)(=O)Cc2cc(C)no2)C12CCC2. The molecule has 2 aliphatic rings. The van der Waals surface area contributed by atoms with Crippen LogP contribution >= 0.6 is 0 Å². The maximum absolute atomic E-state index is 12.2. The molecule has 6 nitrogen and oxygen atoms in total. The van der Waals surface area contributed by atoms with Crippen LogP contribution in [0.25, 0.3) is 0 Å². The predicted octanol–water partition coefficient (Wildman–Crippen LogP) is 1.36. The van der Waals surface area contributed by atoms with Crippen LogP contribution in [0.3, 0.4) is 0 Å². The van der Waals surface area contributed by atoms with Crippen molar-refractivity contribution in [3.05, 3.63) is 17.5 Å². The summed E-state index contributed by atoms with van der Waals surface area (Å²) in [5.41, 5.74) is 0.716. The predicted molar refractivity (Wildman–Crippen MR) is 72.5 cm³/mol. The average Bonchev–Trinajstić information content (AvgIpc) is 2.66. The molecule has 0 radical (unpaired) electrons. The fourth-order valence-electron chi connectivity index (χ4n) is 3.43. The molecule has 1 heterocycles. The number of rotatable bonds is 5. The second-order valence-electron chi connectivity index (χ2n) is 5.91. The summed E-state index contributed by atoms with van der Waals surface area (Å²) in [5.74, 6) is 0.221. The van der Waals surface area contributed by atoms with E-state index in [4.69, 9.17) is 9.26 Å². The van der Waals surface area contributed by atoms with Gasteiger partial charge in [-0.3, -0.25) is 0 Å². The van der Waals surface area contributed by atoms with Crippen LogP contribution in [0.1, 0.15) is 37.1 Å². The number of sulfonamides is 1. The van der Waals surface area contributed by atoms with Gasteiger partial charge in [0.25, 0.3) is 0 Å². The zero-order valence-electron chi connectivity index (χ0n) is 11.8. The lowest BCUT2D eigenvalue weighted by Crippen LogP contribution is -2.67. The molecule has 1 N–H and O–H groups in total. The van der Waals surface area contributed by atoms with Crippen molar-refractivity contribution in [2.75, 3.05) is 7.11 Å². The van der Waals surface area contributed by atoms with Gasteiger partial charge < -0.3 is 9.26 Å². The zero-order valence-corrected chi connectivity index (χ0v) is 12.6. The van der Waals surface area contributed by atoms with E-state index < -0.39 is 10.0 Å². The van der Waals surface area contributed by atoms with Gasteiger partial charge >= 0.3 is 0 Å². The highest BCUT2D eigenvalue weighted by Crippen LogP contribution is 2.57. The molecule has 112 valence electrons. The highest BCUT2D eigenvalue weighted by atomic mass is 32.2. The first-order chi connectivity index (χ1) is 9.45. The van der Waals surface area contributed by atoms with Crippen molar-refractivity contribution >= 4 is 10.0 Å². The molecule has 0 amide bonds. The molecule has 3 rings (SSSR count). The van der Waals surface area contributed by atoms with E-state index in [-0.39, 0.29) is 23.3 Å². The van der Waals surface area contributed by atoms with Gasteiger partial charge in [-0.15, -0.1) is 0 Å². The largest absolute Gasteiger partial charge is 0.381 e. The van der Waals surface area contributed by atoms with Gasteiger partial charge in [0, 0.05) is 24.6 Å². The van der Waals surface area contributed by atoms with Crippen molar-refractivity contribution in [3.8, 4) is 0 Å². The third-order valence-electron chi connectivity index (χ3n) is 4.68. The molecule has 2 atom stereocenters. The quantitative estimate of drug-likeness (QED) is 0.888. The van der Waals surface area contributed by atoms with Gasteiger partial charge in [-0.05, 0) is 26.2 Å². The molecule has 0 bridgehead atoms. The number of aryl methyl sites for hydroxylation is 1. The number of hydrogen-bond donors (Lipinski definition) is 1. The number of nitrogens with zero attached hydrogens (tertiary/aromatic N) is 1. The van der Waals surface area contributed by atoms with Crippen molar-refractivity contribution < 1.29 is 17.7 Å². The van der Waals surface area contributed by atoms with E-state index in [2.05, 4.69) is 9.88 Å². The van der Waals surface area contributed by atoms with Crippen LogP contribution in [0.15, 0.2) is 10.6 Å². The van der Waals surface area contributed by atoms with E-state index in [1.165, 1.54) is 0 Å². The Morgan fingerprint density at radius 2 is 2.30 bits per heavy atom. The minimum Gasteiger partial charge on any atom is -0.381 e. The Morgan fingerprint density at radius 3 is 2.80 bits per heavy atom. The molecule has 0 aliphatic heterocycles. The molecular formula is C13H20N2O4S. The maximum Gasteiger partial charge on any atom is 0.219 e. The lowest BCUT2D eigenvalue weighted by molar-refractivity contribution is -0.155. The van der Waals surface area contributed by atoms with Gasteiger partial charge in [0.1, 0.15) is 5.75 Å². The summed E-state index contributed by atoms with van der Waals surface area (Å²) in [4.78, 5) is 0. The third-order valence-corrected chi connectivity index (χ3v) is 5.99. The van der Waals surface area contributed by atoms with E-state index in [1.807, 2.05) is 0 Å². The average molecular weight is 300 g/mol. The summed E-state index contributed by atoms with van der Waals surface area (Å²) < 4.78 is 37.6. The van der Waals surface area contributed by atoms with Gasteiger partial charge in [-0.2, -0.15) is 0 Å². The lowest BCUT2D eigenvalue weighted by Gasteiger charge is -2.60.